The third-order valence-corrected chi connectivity index (χ3v) is 2.15. The molecule has 0 saturated heterocycles. The predicted octanol–water partition coefficient (Wildman–Crippen LogP) is 3.69. The van der Waals surface area contributed by atoms with Crippen LogP contribution in [0.15, 0.2) is 41.0 Å². The van der Waals surface area contributed by atoms with E-state index >= 15 is 0 Å². The lowest BCUT2D eigenvalue weighted by Gasteiger charge is -2.19. The molecule has 0 aromatic carbocycles. The SMILES string of the molecule is CC(C)(C)OC(=O)Nc1cccc(-c2ccco2)n1. The van der Waals surface area contributed by atoms with Crippen LogP contribution in [0.2, 0.25) is 0 Å². The molecular weight excluding hydrogens is 244 g/mol. The molecule has 2 aromatic heterocycles. The Balaban J connectivity index is 2.10. The van der Waals surface area contributed by atoms with Gasteiger partial charge in [-0.1, -0.05) is 6.07 Å². The maximum Gasteiger partial charge on any atom is 0.413 e. The van der Waals surface area contributed by atoms with E-state index in [0.29, 0.717) is 17.3 Å². The van der Waals surface area contributed by atoms with Gasteiger partial charge in [-0.15, -0.1) is 0 Å². The van der Waals surface area contributed by atoms with E-state index in [2.05, 4.69) is 10.3 Å². The molecule has 0 atom stereocenters. The number of furan rings is 1. The lowest BCUT2D eigenvalue weighted by atomic mass is 10.2. The Bertz CT molecular complexity index is 556. The number of nitrogens with zero attached hydrogens (tertiary/aromatic N) is 1. The number of anilines is 1. The van der Waals surface area contributed by atoms with Gasteiger partial charge in [0.1, 0.15) is 17.1 Å². The second-order valence-electron chi connectivity index (χ2n) is 5.01. The predicted molar refractivity (Wildman–Crippen MR) is 71.8 cm³/mol. The summed E-state index contributed by atoms with van der Waals surface area (Å²) in [5, 5.41) is 2.59. The fraction of sp³-hybridized carbons (Fsp3) is 0.286. The van der Waals surface area contributed by atoms with Gasteiger partial charge in [0.05, 0.1) is 6.26 Å². The number of carbonyl (C=O) groups is 1. The maximum atomic E-state index is 11.6. The minimum atomic E-state index is -0.539. The van der Waals surface area contributed by atoms with Gasteiger partial charge >= 0.3 is 6.09 Å². The van der Waals surface area contributed by atoms with E-state index in [9.17, 15) is 4.79 Å². The number of hydrogen-bond acceptors (Lipinski definition) is 4. The van der Waals surface area contributed by atoms with Crippen molar-refractivity contribution >= 4 is 11.9 Å². The highest BCUT2D eigenvalue weighted by Crippen LogP contribution is 2.19. The molecule has 0 radical (unpaired) electrons. The van der Waals surface area contributed by atoms with Gasteiger partial charge < -0.3 is 9.15 Å². The summed E-state index contributed by atoms with van der Waals surface area (Å²) in [5.74, 6) is 1.07. The van der Waals surface area contributed by atoms with Gasteiger partial charge in [0.2, 0.25) is 0 Å². The van der Waals surface area contributed by atoms with Gasteiger partial charge in [-0.25, -0.2) is 9.78 Å². The third-order valence-electron chi connectivity index (χ3n) is 2.15. The van der Waals surface area contributed by atoms with Crippen molar-refractivity contribution in [3.05, 3.63) is 36.6 Å². The standard InChI is InChI=1S/C14H16N2O3/c1-14(2,3)19-13(17)16-12-8-4-6-10(15-12)11-7-5-9-18-11/h4-9H,1-3H3,(H,15,16,17). The van der Waals surface area contributed by atoms with Crippen molar-refractivity contribution in [2.45, 2.75) is 26.4 Å². The molecule has 0 aliphatic rings. The van der Waals surface area contributed by atoms with E-state index in [0.717, 1.165) is 0 Å². The molecular formula is C14H16N2O3. The smallest absolute Gasteiger partial charge is 0.413 e. The molecule has 5 heteroatoms. The average molecular weight is 260 g/mol. The molecule has 2 aromatic rings. The first-order chi connectivity index (χ1) is 8.94. The topological polar surface area (TPSA) is 64.4 Å². The summed E-state index contributed by atoms with van der Waals surface area (Å²) in [6.45, 7) is 5.41. The van der Waals surface area contributed by atoms with E-state index in [1.54, 1.807) is 57.4 Å². The van der Waals surface area contributed by atoms with Crippen LogP contribution in [0, 0.1) is 0 Å². The van der Waals surface area contributed by atoms with Crippen LogP contribution in [0.4, 0.5) is 10.6 Å². The van der Waals surface area contributed by atoms with Crippen molar-refractivity contribution in [2.75, 3.05) is 5.32 Å². The molecule has 2 rings (SSSR count). The lowest BCUT2D eigenvalue weighted by Crippen LogP contribution is -2.27. The Morgan fingerprint density at radius 2 is 2.05 bits per heavy atom. The molecule has 19 heavy (non-hydrogen) atoms. The second-order valence-corrected chi connectivity index (χ2v) is 5.01. The molecule has 100 valence electrons. The number of carbonyl (C=O) groups excluding carboxylic acids is 1. The summed E-state index contributed by atoms with van der Waals surface area (Å²) in [5.41, 5.74) is 0.112. The maximum absolute atomic E-state index is 11.6. The van der Waals surface area contributed by atoms with Crippen molar-refractivity contribution in [1.29, 1.82) is 0 Å². The molecule has 2 heterocycles. The minimum Gasteiger partial charge on any atom is -0.463 e. The van der Waals surface area contributed by atoms with Gasteiger partial charge in [0, 0.05) is 0 Å². The normalized spacial score (nSPS) is 11.1. The highest BCUT2D eigenvalue weighted by atomic mass is 16.6. The number of aromatic nitrogens is 1. The summed E-state index contributed by atoms with van der Waals surface area (Å²) < 4.78 is 10.4. The fourth-order valence-electron chi connectivity index (χ4n) is 1.47. The van der Waals surface area contributed by atoms with E-state index in [4.69, 9.17) is 9.15 Å². The molecule has 0 bridgehead atoms. The number of nitrogens with one attached hydrogen (secondary N) is 1. The van der Waals surface area contributed by atoms with Crippen LogP contribution in [0.3, 0.4) is 0 Å². The summed E-state index contributed by atoms with van der Waals surface area (Å²) in [6.07, 6.45) is 1.04. The van der Waals surface area contributed by atoms with Crippen molar-refractivity contribution in [3.8, 4) is 11.5 Å². The van der Waals surface area contributed by atoms with E-state index < -0.39 is 11.7 Å². The monoisotopic (exact) mass is 260 g/mol. The first kappa shape index (κ1) is 13.1. The molecule has 0 fully saturated rings. The molecule has 5 nitrogen and oxygen atoms in total. The minimum absolute atomic E-state index is 0.420. The summed E-state index contributed by atoms with van der Waals surface area (Å²) in [6, 6.07) is 8.87. The first-order valence-electron chi connectivity index (χ1n) is 5.95. The zero-order chi connectivity index (χ0) is 13.9. The quantitative estimate of drug-likeness (QED) is 0.894. The average Bonchev–Trinajstić information content (AvgIpc) is 2.79. The molecule has 1 N–H and O–H groups in total. The van der Waals surface area contributed by atoms with Crippen molar-refractivity contribution < 1.29 is 13.9 Å². The zero-order valence-corrected chi connectivity index (χ0v) is 11.1. The van der Waals surface area contributed by atoms with E-state index in [-0.39, 0.29) is 0 Å². The van der Waals surface area contributed by atoms with Crippen molar-refractivity contribution in [1.82, 2.24) is 4.98 Å². The molecule has 0 spiro atoms. The van der Waals surface area contributed by atoms with Crippen LogP contribution in [0.5, 0.6) is 0 Å². The van der Waals surface area contributed by atoms with Crippen LogP contribution in [-0.2, 0) is 4.74 Å². The lowest BCUT2D eigenvalue weighted by molar-refractivity contribution is 0.0635. The van der Waals surface area contributed by atoms with Crippen LogP contribution in [0.1, 0.15) is 20.8 Å². The Kier molecular flexibility index (Phi) is 3.55. The summed E-state index contributed by atoms with van der Waals surface area (Å²) >= 11 is 0. The van der Waals surface area contributed by atoms with E-state index in [1.165, 1.54) is 0 Å². The zero-order valence-electron chi connectivity index (χ0n) is 11.1. The number of ether oxygens (including phenoxy) is 1. The largest absolute Gasteiger partial charge is 0.463 e. The molecule has 0 aliphatic carbocycles. The van der Waals surface area contributed by atoms with Crippen LogP contribution >= 0.6 is 0 Å². The summed E-state index contributed by atoms with van der Waals surface area (Å²) in [7, 11) is 0. The van der Waals surface area contributed by atoms with Crippen LogP contribution in [-0.4, -0.2) is 16.7 Å². The van der Waals surface area contributed by atoms with Crippen LogP contribution in [0.25, 0.3) is 11.5 Å². The van der Waals surface area contributed by atoms with Gasteiger partial charge in [-0.2, -0.15) is 0 Å². The van der Waals surface area contributed by atoms with Gasteiger partial charge in [0.25, 0.3) is 0 Å². The van der Waals surface area contributed by atoms with E-state index in [1.807, 2.05) is 0 Å². The molecule has 1 amide bonds. The Labute approximate surface area is 111 Å². The fourth-order valence-corrected chi connectivity index (χ4v) is 1.47. The molecule has 0 unspecified atom stereocenters. The highest BCUT2D eigenvalue weighted by molar-refractivity contribution is 5.83. The molecule has 0 saturated carbocycles. The Hall–Kier alpha value is -2.30. The highest BCUT2D eigenvalue weighted by Gasteiger charge is 2.16. The van der Waals surface area contributed by atoms with Gasteiger partial charge in [0.15, 0.2) is 5.76 Å². The number of rotatable bonds is 2. The first-order valence-corrected chi connectivity index (χ1v) is 5.95. The number of pyridine rings is 1. The molecule has 0 aliphatic heterocycles. The number of amides is 1. The third kappa shape index (κ3) is 3.84. The Morgan fingerprint density at radius 1 is 1.26 bits per heavy atom. The van der Waals surface area contributed by atoms with Crippen molar-refractivity contribution in [2.24, 2.45) is 0 Å². The number of hydrogen-bond donors (Lipinski definition) is 1. The van der Waals surface area contributed by atoms with Gasteiger partial charge in [-0.3, -0.25) is 5.32 Å². The Morgan fingerprint density at radius 3 is 2.68 bits per heavy atom. The summed E-state index contributed by atoms with van der Waals surface area (Å²) in [4.78, 5) is 15.9. The van der Waals surface area contributed by atoms with Crippen LogP contribution < -0.4 is 5.32 Å². The van der Waals surface area contributed by atoms with Crippen molar-refractivity contribution in [3.63, 3.8) is 0 Å². The van der Waals surface area contributed by atoms with Gasteiger partial charge in [-0.05, 0) is 45.0 Å². The second kappa shape index (κ2) is 5.14.